The number of nitrogens with one attached hydrogen (secondary N) is 1. The lowest BCUT2D eigenvalue weighted by atomic mass is 10.3. The molecule has 0 bridgehead atoms. The van der Waals surface area contributed by atoms with Gasteiger partial charge in [0.25, 0.3) is 11.8 Å². The van der Waals surface area contributed by atoms with Crippen LogP contribution >= 0.6 is 15.9 Å². The largest absolute Gasteiger partial charge is 0.351 e. The molecule has 0 aliphatic carbocycles. The van der Waals surface area contributed by atoms with Gasteiger partial charge in [-0.2, -0.15) is 0 Å². The van der Waals surface area contributed by atoms with Crippen LogP contribution in [0.15, 0.2) is 40.5 Å². The van der Waals surface area contributed by atoms with Crippen LogP contribution in [0.2, 0.25) is 0 Å². The fourth-order valence-electron chi connectivity index (χ4n) is 1.37. The first-order chi connectivity index (χ1) is 7.58. The smallest absolute Gasteiger partial charge is 0.277 e. The lowest BCUT2D eigenvalue weighted by Gasteiger charge is -2.09. The fraction of sp³-hybridized carbons (Fsp3) is 0.0909. The number of hydrogen-bond acceptors (Lipinski definition) is 3. The molecule has 2 amide bonds. The van der Waals surface area contributed by atoms with Gasteiger partial charge in [0.2, 0.25) is 0 Å². The van der Waals surface area contributed by atoms with Gasteiger partial charge in [-0.05, 0) is 18.2 Å². The Bertz CT molecular complexity index is 497. The molecule has 0 unspecified atom stereocenters. The molecule has 1 N–H and O–H groups in total. The van der Waals surface area contributed by atoms with Gasteiger partial charge in [-0.25, -0.2) is 0 Å². The van der Waals surface area contributed by atoms with Crippen LogP contribution in [-0.2, 0) is 9.59 Å². The normalized spacial score (nSPS) is 15.4. The molecule has 0 spiro atoms. The fourth-order valence-corrected chi connectivity index (χ4v) is 1.77. The SMILES string of the molecule is CN1C(=O)C=C(Nc2cccc(Br)c2)C1=O. The van der Waals surface area contributed by atoms with Crippen LogP contribution < -0.4 is 5.32 Å². The highest BCUT2D eigenvalue weighted by atomic mass is 79.9. The highest BCUT2D eigenvalue weighted by Gasteiger charge is 2.27. The number of anilines is 1. The van der Waals surface area contributed by atoms with Crippen molar-refractivity contribution in [3.05, 3.63) is 40.5 Å². The van der Waals surface area contributed by atoms with Crippen molar-refractivity contribution >= 4 is 33.4 Å². The zero-order valence-corrected chi connectivity index (χ0v) is 10.1. The van der Waals surface area contributed by atoms with Gasteiger partial charge in [-0.3, -0.25) is 14.5 Å². The average molecular weight is 281 g/mol. The molecule has 0 aromatic heterocycles. The molecule has 0 radical (unpaired) electrons. The van der Waals surface area contributed by atoms with E-state index in [2.05, 4.69) is 21.2 Å². The minimum absolute atomic E-state index is 0.297. The summed E-state index contributed by atoms with van der Waals surface area (Å²) in [6.45, 7) is 0. The van der Waals surface area contributed by atoms with E-state index in [9.17, 15) is 9.59 Å². The van der Waals surface area contributed by atoms with E-state index >= 15 is 0 Å². The highest BCUT2D eigenvalue weighted by Crippen LogP contribution is 2.19. The zero-order valence-electron chi connectivity index (χ0n) is 8.53. The van der Waals surface area contributed by atoms with Crippen LogP contribution in [0.1, 0.15) is 0 Å². The van der Waals surface area contributed by atoms with Crippen LogP contribution in [0, 0.1) is 0 Å². The summed E-state index contributed by atoms with van der Waals surface area (Å²) < 4.78 is 0.906. The Morgan fingerprint density at radius 3 is 2.62 bits per heavy atom. The second-order valence-electron chi connectivity index (χ2n) is 3.40. The van der Waals surface area contributed by atoms with E-state index in [-0.39, 0.29) is 11.8 Å². The predicted octanol–water partition coefficient (Wildman–Crippen LogP) is 1.74. The van der Waals surface area contributed by atoms with Gasteiger partial charge in [-0.15, -0.1) is 0 Å². The summed E-state index contributed by atoms with van der Waals surface area (Å²) in [6, 6.07) is 7.38. The Kier molecular flexibility index (Phi) is 2.78. The number of imide groups is 1. The van der Waals surface area contributed by atoms with E-state index in [0.717, 1.165) is 15.1 Å². The number of carbonyl (C=O) groups excluding carboxylic acids is 2. The summed E-state index contributed by atoms with van der Waals surface area (Å²) in [5.74, 6) is -0.618. The number of amides is 2. The summed E-state index contributed by atoms with van der Waals surface area (Å²) in [4.78, 5) is 23.9. The molecule has 0 saturated heterocycles. The van der Waals surface area contributed by atoms with Crippen LogP contribution in [0.4, 0.5) is 5.69 Å². The molecule has 1 heterocycles. The molecule has 4 nitrogen and oxygen atoms in total. The van der Waals surface area contributed by atoms with E-state index in [1.54, 1.807) is 0 Å². The van der Waals surface area contributed by atoms with Crippen molar-refractivity contribution in [2.24, 2.45) is 0 Å². The van der Waals surface area contributed by atoms with E-state index in [4.69, 9.17) is 0 Å². The molecule has 1 aliphatic rings. The van der Waals surface area contributed by atoms with Crippen molar-refractivity contribution in [2.75, 3.05) is 12.4 Å². The van der Waals surface area contributed by atoms with Gasteiger partial charge < -0.3 is 5.32 Å². The molecule has 0 atom stereocenters. The van der Waals surface area contributed by atoms with Gasteiger partial charge in [-0.1, -0.05) is 22.0 Å². The summed E-state index contributed by atoms with van der Waals surface area (Å²) in [7, 11) is 1.46. The maximum atomic E-state index is 11.6. The highest BCUT2D eigenvalue weighted by molar-refractivity contribution is 9.10. The number of hydrogen-bond donors (Lipinski definition) is 1. The first-order valence-corrected chi connectivity index (χ1v) is 5.43. The predicted molar refractivity (Wildman–Crippen MR) is 63.6 cm³/mol. The second-order valence-corrected chi connectivity index (χ2v) is 4.31. The van der Waals surface area contributed by atoms with Gasteiger partial charge in [0, 0.05) is 23.3 Å². The third-order valence-corrected chi connectivity index (χ3v) is 2.73. The minimum atomic E-state index is -0.315. The monoisotopic (exact) mass is 280 g/mol. The van der Waals surface area contributed by atoms with E-state index in [0.29, 0.717) is 5.70 Å². The van der Waals surface area contributed by atoms with Crippen molar-refractivity contribution in [2.45, 2.75) is 0 Å². The maximum Gasteiger partial charge on any atom is 0.277 e. The van der Waals surface area contributed by atoms with Crippen LogP contribution in [0.5, 0.6) is 0 Å². The second kappa shape index (κ2) is 4.09. The zero-order chi connectivity index (χ0) is 11.7. The quantitative estimate of drug-likeness (QED) is 0.840. The van der Waals surface area contributed by atoms with Crippen LogP contribution in [-0.4, -0.2) is 23.8 Å². The number of nitrogens with zero attached hydrogens (tertiary/aromatic N) is 1. The third kappa shape index (κ3) is 1.99. The Hall–Kier alpha value is -1.62. The van der Waals surface area contributed by atoms with E-state index < -0.39 is 0 Å². The molecular weight excluding hydrogens is 272 g/mol. The number of rotatable bonds is 2. The molecule has 82 valence electrons. The van der Waals surface area contributed by atoms with Crippen LogP contribution in [0.3, 0.4) is 0 Å². The van der Waals surface area contributed by atoms with E-state index in [1.807, 2.05) is 24.3 Å². The number of benzene rings is 1. The van der Waals surface area contributed by atoms with Gasteiger partial charge in [0.15, 0.2) is 0 Å². The number of likely N-dealkylation sites (N-methyl/N-ethyl adjacent to an activating group) is 1. The molecule has 1 aliphatic heterocycles. The van der Waals surface area contributed by atoms with Crippen molar-refractivity contribution in [3.8, 4) is 0 Å². The minimum Gasteiger partial charge on any atom is -0.351 e. The summed E-state index contributed by atoms with van der Waals surface area (Å²) >= 11 is 3.33. The molecule has 0 fully saturated rings. The van der Waals surface area contributed by atoms with Gasteiger partial charge >= 0.3 is 0 Å². The number of carbonyl (C=O) groups is 2. The first-order valence-electron chi connectivity index (χ1n) is 4.64. The van der Waals surface area contributed by atoms with Crippen LogP contribution in [0.25, 0.3) is 0 Å². The van der Waals surface area contributed by atoms with Gasteiger partial charge in [0.05, 0.1) is 0 Å². The summed E-state index contributed by atoms with van der Waals surface area (Å²) in [6.07, 6.45) is 1.29. The Labute approximate surface area is 101 Å². The topological polar surface area (TPSA) is 49.4 Å². The molecule has 1 aromatic carbocycles. The van der Waals surface area contributed by atoms with Crippen molar-refractivity contribution in [1.82, 2.24) is 4.90 Å². The lowest BCUT2D eigenvalue weighted by Crippen LogP contribution is -2.27. The first kappa shape index (κ1) is 10.9. The molecule has 16 heavy (non-hydrogen) atoms. The standard InChI is InChI=1S/C11H9BrN2O2/c1-14-10(15)6-9(11(14)16)13-8-4-2-3-7(12)5-8/h2-6,13H,1H3. The van der Waals surface area contributed by atoms with Crippen molar-refractivity contribution in [1.29, 1.82) is 0 Å². The Morgan fingerprint density at radius 2 is 2.06 bits per heavy atom. The number of halogens is 1. The lowest BCUT2D eigenvalue weighted by molar-refractivity contribution is -0.135. The maximum absolute atomic E-state index is 11.6. The Balaban J connectivity index is 2.21. The average Bonchev–Trinajstić information content (AvgIpc) is 2.47. The molecule has 0 saturated carbocycles. The summed E-state index contributed by atoms with van der Waals surface area (Å²) in [5, 5.41) is 2.91. The molecule has 1 aromatic rings. The Morgan fingerprint density at radius 1 is 1.31 bits per heavy atom. The molecular formula is C11H9BrN2O2. The van der Waals surface area contributed by atoms with Gasteiger partial charge in [0.1, 0.15) is 5.70 Å². The van der Waals surface area contributed by atoms with E-state index in [1.165, 1.54) is 13.1 Å². The third-order valence-electron chi connectivity index (χ3n) is 2.24. The van der Waals surface area contributed by atoms with Crippen molar-refractivity contribution in [3.63, 3.8) is 0 Å². The summed E-state index contributed by atoms with van der Waals surface area (Å²) in [5.41, 5.74) is 1.06. The molecule has 2 rings (SSSR count). The molecule has 5 heteroatoms. The van der Waals surface area contributed by atoms with Crippen molar-refractivity contribution < 1.29 is 9.59 Å².